The molecule has 0 saturated heterocycles. The molecule has 9 heteroatoms. The number of aromatic nitrogens is 5. The van der Waals surface area contributed by atoms with Crippen LogP contribution in [0.3, 0.4) is 0 Å². The second-order valence-electron chi connectivity index (χ2n) is 5.52. The number of nitrogens with one attached hydrogen (secondary N) is 1. The minimum absolute atomic E-state index is 0.112. The Balaban J connectivity index is 1.93. The SMILES string of the molecule is Cc1ccc(NC(=O)Cn2cnc3c2c(=O)n(C)c(=O)n3C)nc1. The highest BCUT2D eigenvalue weighted by Gasteiger charge is 2.16. The number of fused-ring (bicyclic) bond motifs is 1. The average Bonchev–Trinajstić information content (AvgIpc) is 2.96. The van der Waals surface area contributed by atoms with Crippen molar-refractivity contribution >= 4 is 22.9 Å². The van der Waals surface area contributed by atoms with Gasteiger partial charge in [-0.1, -0.05) is 6.07 Å². The maximum atomic E-state index is 12.3. The summed E-state index contributed by atoms with van der Waals surface area (Å²) in [6, 6.07) is 3.53. The van der Waals surface area contributed by atoms with Gasteiger partial charge >= 0.3 is 5.69 Å². The topological polar surface area (TPSA) is 104 Å². The highest BCUT2D eigenvalue weighted by atomic mass is 16.2. The van der Waals surface area contributed by atoms with E-state index in [1.165, 1.54) is 29.6 Å². The van der Waals surface area contributed by atoms with E-state index in [4.69, 9.17) is 0 Å². The second-order valence-corrected chi connectivity index (χ2v) is 5.52. The molecule has 0 aliphatic heterocycles. The van der Waals surface area contributed by atoms with E-state index >= 15 is 0 Å². The zero-order valence-electron chi connectivity index (χ0n) is 13.5. The first-order valence-corrected chi connectivity index (χ1v) is 7.22. The number of carbonyl (C=O) groups is 1. The molecular formula is C15H16N6O3. The van der Waals surface area contributed by atoms with Crippen LogP contribution in [0.25, 0.3) is 11.2 Å². The predicted octanol–water partition coefficient (Wildman–Crippen LogP) is -0.224. The van der Waals surface area contributed by atoms with Gasteiger partial charge in [-0.15, -0.1) is 0 Å². The summed E-state index contributed by atoms with van der Waals surface area (Å²) in [5, 5.41) is 2.66. The second kappa shape index (κ2) is 5.76. The molecule has 0 spiro atoms. The molecule has 0 aliphatic carbocycles. The summed E-state index contributed by atoms with van der Waals surface area (Å²) in [6.07, 6.45) is 3.02. The number of carbonyl (C=O) groups excluding carboxylic acids is 1. The van der Waals surface area contributed by atoms with Crippen LogP contribution in [0.1, 0.15) is 5.56 Å². The quantitative estimate of drug-likeness (QED) is 0.715. The van der Waals surface area contributed by atoms with Crippen LogP contribution >= 0.6 is 0 Å². The lowest BCUT2D eigenvalue weighted by Gasteiger charge is -2.07. The van der Waals surface area contributed by atoms with E-state index in [-0.39, 0.29) is 23.6 Å². The van der Waals surface area contributed by atoms with Gasteiger partial charge in [0, 0.05) is 20.3 Å². The van der Waals surface area contributed by atoms with E-state index in [1.807, 2.05) is 13.0 Å². The van der Waals surface area contributed by atoms with Gasteiger partial charge in [-0.25, -0.2) is 14.8 Å². The van der Waals surface area contributed by atoms with Gasteiger partial charge in [0.15, 0.2) is 11.2 Å². The van der Waals surface area contributed by atoms with Crippen molar-refractivity contribution in [2.75, 3.05) is 5.32 Å². The minimum atomic E-state index is -0.494. The molecular weight excluding hydrogens is 312 g/mol. The van der Waals surface area contributed by atoms with E-state index in [0.717, 1.165) is 10.1 Å². The van der Waals surface area contributed by atoms with Crippen molar-refractivity contribution in [2.24, 2.45) is 14.1 Å². The summed E-state index contributed by atoms with van der Waals surface area (Å²) in [5.41, 5.74) is 0.465. The number of pyridine rings is 1. The van der Waals surface area contributed by atoms with Crippen molar-refractivity contribution in [3.63, 3.8) is 0 Å². The summed E-state index contributed by atoms with van der Waals surface area (Å²) in [5.74, 6) is 0.0804. The molecule has 3 aromatic rings. The normalized spacial score (nSPS) is 11.0. The fourth-order valence-electron chi connectivity index (χ4n) is 2.40. The van der Waals surface area contributed by atoms with E-state index in [9.17, 15) is 14.4 Å². The van der Waals surface area contributed by atoms with Crippen molar-refractivity contribution < 1.29 is 4.79 Å². The molecule has 3 rings (SSSR count). The Morgan fingerprint density at radius 2 is 1.92 bits per heavy atom. The highest BCUT2D eigenvalue weighted by Crippen LogP contribution is 2.07. The molecule has 0 fully saturated rings. The van der Waals surface area contributed by atoms with Crippen LogP contribution in [0.2, 0.25) is 0 Å². The Labute approximate surface area is 136 Å². The summed E-state index contributed by atoms with van der Waals surface area (Å²) in [4.78, 5) is 44.5. The Morgan fingerprint density at radius 3 is 2.58 bits per heavy atom. The zero-order valence-corrected chi connectivity index (χ0v) is 13.5. The lowest BCUT2D eigenvalue weighted by Crippen LogP contribution is -2.37. The molecule has 3 heterocycles. The Hall–Kier alpha value is -3.23. The minimum Gasteiger partial charge on any atom is -0.315 e. The molecule has 9 nitrogen and oxygen atoms in total. The van der Waals surface area contributed by atoms with Gasteiger partial charge in [-0.05, 0) is 18.6 Å². The van der Waals surface area contributed by atoms with Crippen LogP contribution in [0.4, 0.5) is 5.82 Å². The van der Waals surface area contributed by atoms with Crippen molar-refractivity contribution in [1.29, 1.82) is 0 Å². The van der Waals surface area contributed by atoms with Crippen LogP contribution in [0, 0.1) is 6.92 Å². The standard InChI is InChI=1S/C15H16N6O3/c1-9-4-5-10(16-6-9)18-11(22)7-21-8-17-13-12(21)14(23)20(3)15(24)19(13)2/h4-6,8H,7H2,1-3H3,(H,16,18,22). The molecule has 0 unspecified atom stereocenters. The molecule has 0 aliphatic rings. The van der Waals surface area contributed by atoms with Crippen LogP contribution in [0.5, 0.6) is 0 Å². The first-order valence-electron chi connectivity index (χ1n) is 7.22. The van der Waals surface area contributed by atoms with Crippen LogP contribution in [-0.4, -0.2) is 29.6 Å². The predicted molar refractivity (Wildman–Crippen MR) is 87.8 cm³/mol. The summed E-state index contributed by atoms with van der Waals surface area (Å²) in [7, 11) is 2.91. The molecule has 0 bridgehead atoms. The molecule has 0 saturated carbocycles. The van der Waals surface area contributed by atoms with Crippen molar-refractivity contribution in [2.45, 2.75) is 13.5 Å². The Bertz CT molecular complexity index is 1040. The van der Waals surface area contributed by atoms with Gasteiger partial charge < -0.3 is 9.88 Å². The van der Waals surface area contributed by atoms with Crippen molar-refractivity contribution in [3.05, 3.63) is 51.1 Å². The number of anilines is 1. The molecule has 1 amide bonds. The largest absolute Gasteiger partial charge is 0.332 e. The van der Waals surface area contributed by atoms with Crippen LogP contribution < -0.4 is 16.6 Å². The Morgan fingerprint density at radius 1 is 1.17 bits per heavy atom. The van der Waals surface area contributed by atoms with Gasteiger partial charge in [0.1, 0.15) is 12.4 Å². The third-order valence-corrected chi connectivity index (χ3v) is 3.71. The lowest BCUT2D eigenvalue weighted by atomic mass is 10.3. The number of amides is 1. The average molecular weight is 328 g/mol. The fraction of sp³-hybridized carbons (Fsp3) is 0.267. The van der Waals surface area contributed by atoms with Gasteiger partial charge in [-0.2, -0.15) is 0 Å². The molecule has 24 heavy (non-hydrogen) atoms. The lowest BCUT2D eigenvalue weighted by molar-refractivity contribution is -0.116. The number of hydrogen-bond donors (Lipinski definition) is 1. The fourth-order valence-corrected chi connectivity index (χ4v) is 2.40. The van der Waals surface area contributed by atoms with Crippen LogP contribution in [-0.2, 0) is 25.4 Å². The van der Waals surface area contributed by atoms with Crippen molar-refractivity contribution in [3.8, 4) is 0 Å². The third kappa shape index (κ3) is 2.60. The maximum Gasteiger partial charge on any atom is 0.332 e. The zero-order chi connectivity index (χ0) is 17.4. The number of imidazole rings is 1. The van der Waals surface area contributed by atoms with E-state index in [0.29, 0.717) is 5.82 Å². The first kappa shape index (κ1) is 15.7. The molecule has 124 valence electrons. The van der Waals surface area contributed by atoms with Gasteiger partial charge in [0.25, 0.3) is 5.56 Å². The highest BCUT2D eigenvalue weighted by molar-refractivity contribution is 5.90. The Kier molecular flexibility index (Phi) is 3.76. The molecule has 3 aromatic heterocycles. The molecule has 0 aromatic carbocycles. The molecule has 0 radical (unpaired) electrons. The first-order chi connectivity index (χ1) is 11.4. The maximum absolute atomic E-state index is 12.3. The van der Waals surface area contributed by atoms with Crippen molar-refractivity contribution in [1.82, 2.24) is 23.7 Å². The third-order valence-electron chi connectivity index (χ3n) is 3.71. The van der Waals surface area contributed by atoms with E-state index < -0.39 is 11.2 Å². The summed E-state index contributed by atoms with van der Waals surface area (Å²) >= 11 is 0. The summed E-state index contributed by atoms with van der Waals surface area (Å²) in [6.45, 7) is 1.79. The molecule has 1 N–H and O–H groups in total. The van der Waals surface area contributed by atoms with Gasteiger partial charge in [-0.3, -0.25) is 18.7 Å². The number of hydrogen-bond acceptors (Lipinski definition) is 5. The van der Waals surface area contributed by atoms with Gasteiger partial charge in [0.05, 0.1) is 6.33 Å². The van der Waals surface area contributed by atoms with Gasteiger partial charge in [0.2, 0.25) is 5.91 Å². The monoisotopic (exact) mass is 328 g/mol. The van der Waals surface area contributed by atoms with Crippen LogP contribution in [0.15, 0.2) is 34.2 Å². The number of rotatable bonds is 3. The summed E-state index contributed by atoms with van der Waals surface area (Å²) < 4.78 is 3.67. The van der Waals surface area contributed by atoms with E-state index in [2.05, 4.69) is 15.3 Å². The number of aryl methyl sites for hydroxylation is 2. The smallest absolute Gasteiger partial charge is 0.315 e. The van der Waals surface area contributed by atoms with E-state index in [1.54, 1.807) is 12.3 Å². The molecule has 0 atom stereocenters. The number of nitrogens with zero attached hydrogens (tertiary/aromatic N) is 5.